The molecule has 2 aromatic carbocycles. The van der Waals surface area contributed by atoms with Crippen molar-refractivity contribution in [3.63, 3.8) is 0 Å². The number of nitrogens with zero attached hydrogens (tertiary/aromatic N) is 1. The lowest BCUT2D eigenvalue weighted by atomic mass is 10.1. The van der Waals surface area contributed by atoms with Crippen molar-refractivity contribution in [3.05, 3.63) is 59.2 Å². The zero-order chi connectivity index (χ0) is 22.6. The predicted octanol–water partition coefficient (Wildman–Crippen LogP) is 2.37. The quantitative estimate of drug-likeness (QED) is 0.650. The fourth-order valence-electron chi connectivity index (χ4n) is 3.07. The lowest BCUT2D eigenvalue weighted by molar-refractivity contribution is -0.119. The van der Waals surface area contributed by atoms with Gasteiger partial charge < -0.3 is 10.2 Å². The number of hydrogen-bond donors (Lipinski definition) is 2. The van der Waals surface area contributed by atoms with Gasteiger partial charge in [0.15, 0.2) is 0 Å². The molecule has 0 spiro atoms. The van der Waals surface area contributed by atoms with E-state index in [9.17, 15) is 18.0 Å². The number of carbonyl (C=O) groups excluding carboxylic acids is 2. The molecule has 0 bridgehead atoms. The molecule has 0 saturated carbocycles. The minimum absolute atomic E-state index is 0.0131. The van der Waals surface area contributed by atoms with Crippen molar-refractivity contribution >= 4 is 39.3 Å². The summed E-state index contributed by atoms with van der Waals surface area (Å²) in [6, 6.07) is 10.6. The van der Waals surface area contributed by atoms with Crippen LogP contribution in [0.2, 0.25) is 0 Å². The molecule has 0 aliphatic carbocycles. The van der Waals surface area contributed by atoms with Gasteiger partial charge in [0.25, 0.3) is 5.91 Å². The maximum atomic E-state index is 13.0. The Balaban J connectivity index is 1.72. The van der Waals surface area contributed by atoms with Gasteiger partial charge in [-0.05, 0) is 61.4 Å². The van der Waals surface area contributed by atoms with Crippen LogP contribution >= 0.6 is 11.8 Å². The standard InChI is InChI=1S/C22H23N3O4S2/c1-4-11-23-31(28,29)19-9-6-17(7-10-19)22(27)25-14-30-13-20(25)21(26)24-18-8-5-15(2)16(3)12-18/h1,5-10,12,20,23H,11,13-14H2,2-3H3,(H,24,26). The van der Waals surface area contributed by atoms with Gasteiger partial charge in [-0.1, -0.05) is 12.0 Å². The lowest BCUT2D eigenvalue weighted by Gasteiger charge is -2.23. The predicted molar refractivity (Wildman–Crippen MR) is 122 cm³/mol. The molecule has 1 saturated heterocycles. The summed E-state index contributed by atoms with van der Waals surface area (Å²) in [6.45, 7) is 3.85. The molecule has 2 amide bonds. The van der Waals surface area contributed by atoms with Crippen molar-refractivity contribution in [1.82, 2.24) is 9.62 Å². The molecule has 0 radical (unpaired) electrons. The maximum Gasteiger partial charge on any atom is 0.255 e. The maximum absolute atomic E-state index is 13.0. The average molecular weight is 458 g/mol. The minimum Gasteiger partial charge on any atom is -0.324 e. The molecule has 1 fully saturated rings. The van der Waals surface area contributed by atoms with Gasteiger partial charge >= 0.3 is 0 Å². The highest BCUT2D eigenvalue weighted by Gasteiger charge is 2.35. The smallest absolute Gasteiger partial charge is 0.255 e. The topological polar surface area (TPSA) is 95.6 Å². The van der Waals surface area contributed by atoms with Gasteiger partial charge in [-0.15, -0.1) is 18.2 Å². The molecule has 2 N–H and O–H groups in total. The van der Waals surface area contributed by atoms with E-state index in [1.807, 2.05) is 32.0 Å². The number of hydrogen-bond acceptors (Lipinski definition) is 5. The number of sulfonamides is 1. The van der Waals surface area contributed by atoms with Gasteiger partial charge in [-0.2, -0.15) is 4.72 Å². The van der Waals surface area contributed by atoms with Gasteiger partial charge in [-0.3, -0.25) is 9.59 Å². The van der Waals surface area contributed by atoms with Crippen LogP contribution in [0.5, 0.6) is 0 Å². The molecule has 1 atom stereocenters. The highest BCUT2D eigenvalue weighted by atomic mass is 32.2. The summed E-state index contributed by atoms with van der Waals surface area (Å²) in [5.74, 6) is 2.50. The molecular formula is C22H23N3O4S2. The summed E-state index contributed by atoms with van der Waals surface area (Å²) >= 11 is 1.49. The van der Waals surface area contributed by atoms with Crippen molar-refractivity contribution in [2.24, 2.45) is 0 Å². The summed E-state index contributed by atoms with van der Waals surface area (Å²) in [6.07, 6.45) is 5.09. The van der Waals surface area contributed by atoms with E-state index >= 15 is 0 Å². The van der Waals surface area contributed by atoms with Crippen LogP contribution in [-0.2, 0) is 14.8 Å². The first-order valence-electron chi connectivity index (χ1n) is 9.53. The third-order valence-electron chi connectivity index (χ3n) is 5.00. The Morgan fingerprint density at radius 2 is 1.87 bits per heavy atom. The molecule has 1 heterocycles. The number of amides is 2. The van der Waals surface area contributed by atoms with Crippen LogP contribution in [0.3, 0.4) is 0 Å². The number of nitrogens with one attached hydrogen (secondary N) is 2. The van der Waals surface area contributed by atoms with Crippen LogP contribution in [0.25, 0.3) is 0 Å². The van der Waals surface area contributed by atoms with Gasteiger partial charge in [0.2, 0.25) is 15.9 Å². The normalized spacial score (nSPS) is 16.0. The molecule has 7 nitrogen and oxygen atoms in total. The first-order chi connectivity index (χ1) is 14.7. The molecule has 0 aromatic heterocycles. The van der Waals surface area contributed by atoms with Crippen LogP contribution in [-0.4, -0.2) is 49.3 Å². The zero-order valence-corrected chi connectivity index (χ0v) is 18.8. The van der Waals surface area contributed by atoms with E-state index in [1.54, 1.807) is 0 Å². The van der Waals surface area contributed by atoms with E-state index < -0.39 is 16.1 Å². The number of rotatable bonds is 6. The molecule has 31 heavy (non-hydrogen) atoms. The fraction of sp³-hybridized carbons (Fsp3) is 0.273. The first-order valence-corrected chi connectivity index (χ1v) is 12.2. The molecule has 1 aliphatic rings. The number of carbonyl (C=O) groups is 2. The molecule has 1 unspecified atom stereocenters. The van der Waals surface area contributed by atoms with Gasteiger partial charge in [-0.25, -0.2) is 8.42 Å². The minimum atomic E-state index is -3.74. The molecule has 3 rings (SSSR count). The van der Waals surface area contributed by atoms with Gasteiger partial charge in [0, 0.05) is 17.0 Å². The van der Waals surface area contributed by atoms with E-state index in [4.69, 9.17) is 6.42 Å². The van der Waals surface area contributed by atoms with E-state index in [0.717, 1.165) is 11.1 Å². The first kappa shape index (κ1) is 22.9. The van der Waals surface area contributed by atoms with Crippen LogP contribution in [0.15, 0.2) is 47.4 Å². The van der Waals surface area contributed by atoms with Crippen LogP contribution < -0.4 is 10.0 Å². The van der Waals surface area contributed by atoms with E-state index in [1.165, 1.54) is 40.9 Å². The Morgan fingerprint density at radius 1 is 1.16 bits per heavy atom. The van der Waals surface area contributed by atoms with Gasteiger partial charge in [0.1, 0.15) is 6.04 Å². The van der Waals surface area contributed by atoms with Crippen molar-refractivity contribution in [2.75, 3.05) is 23.5 Å². The van der Waals surface area contributed by atoms with Crippen molar-refractivity contribution < 1.29 is 18.0 Å². The molecule has 162 valence electrons. The van der Waals surface area contributed by atoms with Crippen LogP contribution in [0.4, 0.5) is 5.69 Å². The highest BCUT2D eigenvalue weighted by molar-refractivity contribution is 7.99. The summed E-state index contributed by atoms with van der Waals surface area (Å²) < 4.78 is 26.5. The number of aryl methyl sites for hydroxylation is 2. The average Bonchev–Trinajstić information content (AvgIpc) is 3.24. The van der Waals surface area contributed by atoms with E-state index in [2.05, 4.69) is 16.0 Å². The second kappa shape index (κ2) is 9.56. The second-order valence-electron chi connectivity index (χ2n) is 7.13. The van der Waals surface area contributed by atoms with Crippen LogP contribution in [0, 0.1) is 26.2 Å². The molecular weight excluding hydrogens is 434 g/mol. The molecule has 9 heteroatoms. The Labute approximate surface area is 186 Å². The van der Waals surface area contributed by atoms with E-state index in [-0.39, 0.29) is 23.3 Å². The van der Waals surface area contributed by atoms with Crippen LogP contribution in [0.1, 0.15) is 21.5 Å². The fourth-order valence-corrected chi connectivity index (χ4v) is 5.16. The SMILES string of the molecule is C#CCNS(=O)(=O)c1ccc(C(=O)N2CSCC2C(=O)Nc2ccc(C)c(C)c2)cc1. The van der Waals surface area contributed by atoms with Crippen molar-refractivity contribution in [3.8, 4) is 12.3 Å². The molecule has 2 aromatic rings. The second-order valence-corrected chi connectivity index (χ2v) is 9.90. The largest absolute Gasteiger partial charge is 0.324 e. The Morgan fingerprint density at radius 3 is 2.52 bits per heavy atom. The number of anilines is 1. The summed E-state index contributed by atoms with van der Waals surface area (Å²) in [4.78, 5) is 27.3. The zero-order valence-electron chi connectivity index (χ0n) is 17.2. The Kier molecular flexibility index (Phi) is 7.05. The van der Waals surface area contributed by atoms with Gasteiger partial charge in [0.05, 0.1) is 17.3 Å². The Hall–Kier alpha value is -2.80. The summed E-state index contributed by atoms with van der Waals surface area (Å²) in [5, 5.41) is 2.89. The number of benzene rings is 2. The van der Waals surface area contributed by atoms with E-state index in [0.29, 0.717) is 22.9 Å². The van der Waals surface area contributed by atoms with Crippen molar-refractivity contribution in [2.45, 2.75) is 24.8 Å². The summed E-state index contributed by atoms with van der Waals surface area (Å²) in [5.41, 5.74) is 3.19. The highest BCUT2D eigenvalue weighted by Crippen LogP contribution is 2.25. The summed E-state index contributed by atoms with van der Waals surface area (Å²) in [7, 11) is -3.74. The number of thioether (sulfide) groups is 1. The molecule has 1 aliphatic heterocycles. The Bertz CT molecular complexity index is 1140. The van der Waals surface area contributed by atoms with Crippen molar-refractivity contribution in [1.29, 1.82) is 0 Å². The number of terminal acetylenes is 1. The third-order valence-corrected chi connectivity index (χ3v) is 7.43. The lowest BCUT2D eigenvalue weighted by Crippen LogP contribution is -2.44. The monoisotopic (exact) mass is 457 g/mol. The third kappa shape index (κ3) is 5.28.